The Bertz CT molecular complexity index is 545. The SMILES string of the molecule is COCCN1C[C@@]2(CCCN(Cc3ccc(C)s3)C2)CCC1=O. The van der Waals surface area contributed by atoms with E-state index in [4.69, 9.17) is 4.74 Å². The van der Waals surface area contributed by atoms with Crippen LogP contribution < -0.4 is 0 Å². The molecule has 3 heterocycles. The van der Waals surface area contributed by atoms with Gasteiger partial charge in [0.25, 0.3) is 0 Å². The van der Waals surface area contributed by atoms with Crippen molar-refractivity contribution in [1.82, 2.24) is 9.80 Å². The summed E-state index contributed by atoms with van der Waals surface area (Å²) >= 11 is 1.91. The van der Waals surface area contributed by atoms with Gasteiger partial charge in [0.1, 0.15) is 0 Å². The van der Waals surface area contributed by atoms with Gasteiger partial charge in [0.15, 0.2) is 0 Å². The van der Waals surface area contributed by atoms with Crippen LogP contribution in [-0.4, -0.2) is 55.6 Å². The third-order valence-electron chi connectivity index (χ3n) is 5.23. The van der Waals surface area contributed by atoms with E-state index in [0.29, 0.717) is 24.3 Å². The number of hydrogen-bond acceptors (Lipinski definition) is 4. The van der Waals surface area contributed by atoms with E-state index in [1.807, 2.05) is 16.2 Å². The lowest BCUT2D eigenvalue weighted by atomic mass is 9.73. The molecule has 1 amide bonds. The molecule has 0 radical (unpaired) electrons. The van der Waals surface area contributed by atoms with Gasteiger partial charge in [-0.3, -0.25) is 9.69 Å². The van der Waals surface area contributed by atoms with Gasteiger partial charge in [0.2, 0.25) is 5.91 Å². The molecule has 0 N–H and O–H groups in total. The zero-order valence-electron chi connectivity index (χ0n) is 14.3. The molecule has 0 bridgehead atoms. The fraction of sp³-hybridized carbons (Fsp3) is 0.722. The molecule has 1 spiro atoms. The number of likely N-dealkylation sites (tertiary alicyclic amines) is 2. The molecule has 2 aliphatic rings. The van der Waals surface area contributed by atoms with E-state index >= 15 is 0 Å². The van der Waals surface area contributed by atoms with Crippen LogP contribution in [0.5, 0.6) is 0 Å². The van der Waals surface area contributed by atoms with Gasteiger partial charge in [0, 0.05) is 54.9 Å². The van der Waals surface area contributed by atoms with Gasteiger partial charge in [-0.15, -0.1) is 11.3 Å². The highest BCUT2D eigenvalue weighted by Gasteiger charge is 2.41. The number of hydrogen-bond donors (Lipinski definition) is 0. The number of nitrogens with zero attached hydrogens (tertiary/aromatic N) is 2. The van der Waals surface area contributed by atoms with Crippen LogP contribution in [-0.2, 0) is 16.1 Å². The number of methoxy groups -OCH3 is 1. The standard InChI is InChI=1S/C18H28N2O2S/c1-15-4-5-16(23-15)12-19-9-3-7-18(13-19)8-6-17(21)20(14-18)10-11-22-2/h4-5H,3,6-14H2,1-2H3/t18-/m0/s1. The predicted molar refractivity (Wildman–Crippen MR) is 93.7 cm³/mol. The van der Waals surface area contributed by atoms with Crippen molar-refractivity contribution in [3.63, 3.8) is 0 Å². The van der Waals surface area contributed by atoms with Crippen LogP contribution in [0, 0.1) is 12.3 Å². The highest BCUT2D eigenvalue weighted by molar-refractivity contribution is 7.11. The van der Waals surface area contributed by atoms with E-state index in [9.17, 15) is 4.79 Å². The van der Waals surface area contributed by atoms with Gasteiger partial charge in [0.05, 0.1) is 6.61 Å². The van der Waals surface area contributed by atoms with Crippen molar-refractivity contribution in [2.45, 2.75) is 39.2 Å². The molecule has 0 saturated carbocycles. The summed E-state index contributed by atoms with van der Waals surface area (Å²) < 4.78 is 5.17. The second kappa shape index (κ2) is 7.32. The first-order valence-corrected chi connectivity index (χ1v) is 9.46. The van der Waals surface area contributed by atoms with Gasteiger partial charge in [-0.25, -0.2) is 0 Å². The number of aryl methyl sites for hydroxylation is 1. The molecule has 5 heteroatoms. The maximum atomic E-state index is 12.2. The lowest BCUT2D eigenvalue weighted by Gasteiger charge is -2.48. The van der Waals surface area contributed by atoms with Crippen molar-refractivity contribution in [3.05, 3.63) is 21.9 Å². The lowest BCUT2D eigenvalue weighted by Crippen LogP contribution is -2.54. The van der Waals surface area contributed by atoms with Crippen molar-refractivity contribution < 1.29 is 9.53 Å². The number of carbonyl (C=O) groups is 1. The smallest absolute Gasteiger partial charge is 0.222 e. The minimum absolute atomic E-state index is 0.298. The van der Waals surface area contributed by atoms with Crippen molar-refractivity contribution in [2.24, 2.45) is 5.41 Å². The molecule has 2 aliphatic heterocycles. The number of amides is 1. The molecular weight excluding hydrogens is 308 g/mol. The first-order chi connectivity index (χ1) is 11.1. The van der Waals surface area contributed by atoms with Gasteiger partial charge >= 0.3 is 0 Å². The summed E-state index contributed by atoms with van der Waals surface area (Å²) in [7, 11) is 1.70. The second-order valence-electron chi connectivity index (χ2n) is 7.13. The topological polar surface area (TPSA) is 32.8 Å². The number of ether oxygens (including phenoxy) is 1. The molecule has 2 fully saturated rings. The molecule has 4 nitrogen and oxygen atoms in total. The maximum Gasteiger partial charge on any atom is 0.222 e. The highest BCUT2D eigenvalue weighted by atomic mass is 32.1. The lowest BCUT2D eigenvalue weighted by molar-refractivity contribution is -0.140. The molecular formula is C18H28N2O2S. The van der Waals surface area contributed by atoms with Crippen molar-refractivity contribution in [3.8, 4) is 0 Å². The first kappa shape index (κ1) is 16.9. The molecule has 0 aliphatic carbocycles. The molecule has 2 saturated heterocycles. The molecule has 0 unspecified atom stereocenters. The van der Waals surface area contributed by atoms with Crippen LogP contribution in [0.1, 0.15) is 35.4 Å². The normalized spacial score (nSPS) is 26.2. The van der Waals surface area contributed by atoms with E-state index in [1.54, 1.807) is 7.11 Å². The van der Waals surface area contributed by atoms with E-state index in [1.165, 1.54) is 29.1 Å². The number of piperidine rings is 2. The monoisotopic (exact) mass is 336 g/mol. The summed E-state index contributed by atoms with van der Waals surface area (Å²) in [4.78, 5) is 19.6. The summed E-state index contributed by atoms with van der Waals surface area (Å²) in [6.07, 6.45) is 4.26. The molecule has 1 aromatic heterocycles. The molecule has 1 aromatic rings. The summed E-state index contributed by atoms with van der Waals surface area (Å²) in [5, 5.41) is 0. The second-order valence-corrected chi connectivity index (χ2v) is 8.51. The van der Waals surface area contributed by atoms with E-state index < -0.39 is 0 Å². The average Bonchev–Trinajstić information content (AvgIpc) is 2.94. The Kier molecular flexibility index (Phi) is 5.39. The third-order valence-corrected chi connectivity index (χ3v) is 6.21. The van der Waals surface area contributed by atoms with Crippen LogP contribution in [0.25, 0.3) is 0 Å². The van der Waals surface area contributed by atoms with Crippen molar-refractivity contribution in [1.29, 1.82) is 0 Å². The summed E-state index contributed by atoms with van der Waals surface area (Å²) in [5.41, 5.74) is 0.298. The Morgan fingerprint density at radius 1 is 1.30 bits per heavy atom. The van der Waals surface area contributed by atoms with Gasteiger partial charge in [-0.1, -0.05) is 0 Å². The van der Waals surface area contributed by atoms with Gasteiger partial charge in [-0.05, 0) is 44.9 Å². The van der Waals surface area contributed by atoms with Crippen LogP contribution >= 0.6 is 11.3 Å². The fourth-order valence-corrected chi connectivity index (χ4v) is 5.01. The van der Waals surface area contributed by atoms with Crippen LogP contribution in [0.2, 0.25) is 0 Å². The zero-order chi connectivity index (χ0) is 16.3. The Labute approximate surface area is 143 Å². The van der Waals surface area contributed by atoms with Gasteiger partial charge in [-0.2, -0.15) is 0 Å². The van der Waals surface area contributed by atoms with E-state index in [0.717, 1.165) is 32.6 Å². The van der Waals surface area contributed by atoms with Crippen LogP contribution in [0.15, 0.2) is 12.1 Å². The summed E-state index contributed by atoms with van der Waals surface area (Å²) in [5.74, 6) is 0.304. The Morgan fingerprint density at radius 2 is 2.17 bits per heavy atom. The molecule has 128 valence electrons. The van der Waals surface area contributed by atoms with Gasteiger partial charge < -0.3 is 9.64 Å². The quantitative estimate of drug-likeness (QED) is 0.829. The summed E-state index contributed by atoms with van der Waals surface area (Å²) in [6.45, 7) is 7.83. The molecule has 23 heavy (non-hydrogen) atoms. The maximum absolute atomic E-state index is 12.2. The third kappa shape index (κ3) is 4.14. The van der Waals surface area contributed by atoms with Crippen molar-refractivity contribution >= 4 is 17.2 Å². The Balaban J connectivity index is 1.63. The number of carbonyl (C=O) groups excluding carboxylic acids is 1. The van der Waals surface area contributed by atoms with E-state index in [-0.39, 0.29) is 0 Å². The highest BCUT2D eigenvalue weighted by Crippen LogP contribution is 2.39. The first-order valence-electron chi connectivity index (χ1n) is 8.65. The Hall–Kier alpha value is -0.910. The van der Waals surface area contributed by atoms with Crippen molar-refractivity contribution in [2.75, 3.05) is 39.9 Å². The Morgan fingerprint density at radius 3 is 2.91 bits per heavy atom. The van der Waals surface area contributed by atoms with E-state index in [2.05, 4.69) is 24.0 Å². The molecule has 3 rings (SSSR count). The number of thiophene rings is 1. The zero-order valence-corrected chi connectivity index (χ0v) is 15.2. The molecule has 0 aromatic carbocycles. The predicted octanol–water partition coefficient (Wildman–Crippen LogP) is 2.91. The minimum Gasteiger partial charge on any atom is -0.383 e. The van der Waals surface area contributed by atoms with Crippen LogP contribution in [0.3, 0.4) is 0 Å². The largest absolute Gasteiger partial charge is 0.383 e. The number of rotatable bonds is 5. The summed E-state index contributed by atoms with van der Waals surface area (Å²) in [6, 6.07) is 4.47. The molecule has 1 atom stereocenters. The average molecular weight is 337 g/mol. The minimum atomic E-state index is 0.298. The fourth-order valence-electron chi connectivity index (χ4n) is 4.08. The van der Waals surface area contributed by atoms with Crippen LogP contribution in [0.4, 0.5) is 0 Å².